The van der Waals surface area contributed by atoms with Crippen LogP contribution < -0.4 is 10.1 Å². The van der Waals surface area contributed by atoms with Crippen molar-refractivity contribution in [1.82, 2.24) is 4.98 Å². The highest BCUT2D eigenvalue weighted by Gasteiger charge is 2.15. The maximum absolute atomic E-state index is 12.5. The van der Waals surface area contributed by atoms with Gasteiger partial charge in [-0.1, -0.05) is 0 Å². The summed E-state index contributed by atoms with van der Waals surface area (Å²) in [4.78, 5) is 27.0. The molecular weight excluding hydrogens is 374 g/mol. The van der Waals surface area contributed by atoms with Crippen molar-refractivity contribution in [2.75, 3.05) is 11.9 Å². The number of pyridine rings is 1. The maximum Gasteiger partial charge on any atom is 0.342 e. The molecule has 1 heterocycles. The fraction of sp³-hybridized carbons (Fsp3) is 0.143. The van der Waals surface area contributed by atoms with Crippen molar-refractivity contribution in [1.29, 1.82) is 0 Å². The lowest BCUT2D eigenvalue weighted by Crippen LogP contribution is -2.09. The molecule has 29 heavy (non-hydrogen) atoms. The molecule has 2 aromatic carbocycles. The van der Waals surface area contributed by atoms with Gasteiger partial charge in [0.1, 0.15) is 23.7 Å². The second-order valence-corrected chi connectivity index (χ2v) is 5.98. The van der Waals surface area contributed by atoms with Crippen LogP contribution in [0.3, 0.4) is 0 Å². The van der Waals surface area contributed by atoms with E-state index in [-0.39, 0.29) is 17.9 Å². The molecule has 0 aliphatic rings. The normalized spacial score (nSPS) is 10.2. The minimum Gasteiger partial charge on any atom is -0.494 e. The zero-order chi connectivity index (χ0) is 20.6. The molecule has 0 saturated heterocycles. The topological polar surface area (TPSA) is 104 Å². The number of non-ortho nitro benzene ring substituents is 1. The van der Waals surface area contributed by atoms with Crippen molar-refractivity contribution < 1.29 is 19.2 Å². The molecule has 0 radical (unpaired) electrons. The summed E-state index contributed by atoms with van der Waals surface area (Å²) in [5.41, 5.74) is 1.66. The molecule has 1 aromatic heterocycles. The number of nitrogens with one attached hydrogen (secondary N) is 1. The molecule has 8 nitrogen and oxygen atoms in total. The van der Waals surface area contributed by atoms with E-state index in [0.29, 0.717) is 18.0 Å². The Morgan fingerprint density at radius 3 is 2.48 bits per heavy atom. The van der Waals surface area contributed by atoms with E-state index < -0.39 is 10.9 Å². The van der Waals surface area contributed by atoms with Crippen molar-refractivity contribution in [2.24, 2.45) is 0 Å². The van der Waals surface area contributed by atoms with Gasteiger partial charge in [0.05, 0.1) is 11.5 Å². The van der Waals surface area contributed by atoms with Crippen LogP contribution in [0.5, 0.6) is 5.75 Å². The zero-order valence-corrected chi connectivity index (χ0v) is 15.7. The van der Waals surface area contributed by atoms with E-state index in [1.807, 2.05) is 31.2 Å². The molecule has 148 valence electrons. The Labute approximate surface area is 167 Å². The van der Waals surface area contributed by atoms with Crippen LogP contribution in [0.1, 0.15) is 22.8 Å². The molecule has 8 heteroatoms. The number of aromatic nitrogens is 1. The Bertz CT molecular complexity index is 988. The summed E-state index contributed by atoms with van der Waals surface area (Å²) in [6.07, 6.45) is 1.57. The fourth-order valence-electron chi connectivity index (χ4n) is 2.55. The van der Waals surface area contributed by atoms with Gasteiger partial charge in [-0.3, -0.25) is 10.1 Å². The lowest BCUT2D eigenvalue weighted by Gasteiger charge is -2.11. The third kappa shape index (κ3) is 5.29. The number of rotatable bonds is 8. The van der Waals surface area contributed by atoms with E-state index in [1.54, 1.807) is 30.5 Å². The van der Waals surface area contributed by atoms with Crippen molar-refractivity contribution in [3.05, 3.63) is 88.1 Å². The molecule has 0 saturated carbocycles. The van der Waals surface area contributed by atoms with Crippen LogP contribution >= 0.6 is 0 Å². The number of esters is 1. The van der Waals surface area contributed by atoms with Crippen molar-refractivity contribution in [3.63, 3.8) is 0 Å². The Morgan fingerprint density at radius 2 is 1.83 bits per heavy atom. The first-order valence-electron chi connectivity index (χ1n) is 8.92. The molecule has 0 bridgehead atoms. The molecule has 0 atom stereocenters. The molecule has 3 aromatic rings. The lowest BCUT2D eigenvalue weighted by atomic mass is 10.2. The third-order valence-corrected chi connectivity index (χ3v) is 3.97. The molecule has 1 N–H and O–H groups in total. The quantitative estimate of drug-likeness (QED) is 0.342. The zero-order valence-electron chi connectivity index (χ0n) is 15.7. The van der Waals surface area contributed by atoms with Gasteiger partial charge in [-0.15, -0.1) is 0 Å². The first kappa shape index (κ1) is 19.8. The van der Waals surface area contributed by atoms with E-state index in [4.69, 9.17) is 9.47 Å². The number of ether oxygens (including phenoxy) is 2. The Kier molecular flexibility index (Phi) is 6.36. The highest BCUT2D eigenvalue weighted by Crippen LogP contribution is 2.22. The monoisotopic (exact) mass is 393 g/mol. The minimum atomic E-state index is -0.551. The first-order chi connectivity index (χ1) is 14.1. The van der Waals surface area contributed by atoms with Crippen LogP contribution in [-0.2, 0) is 11.3 Å². The van der Waals surface area contributed by atoms with Crippen molar-refractivity contribution >= 4 is 23.2 Å². The summed E-state index contributed by atoms with van der Waals surface area (Å²) in [7, 11) is 0. The standard InChI is InChI=1S/C21H19N3O5/c1-2-28-18-11-7-16(8-12-18)23-20-19(4-3-13-22-20)21(25)29-14-15-5-9-17(10-6-15)24(26)27/h3-13H,2,14H2,1H3,(H,22,23). The average molecular weight is 393 g/mol. The SMILES string of the molecule is CCOc1ccc(Nc2ncccc2C(=O)OCc2ccc([N+](=O)[O-])cc2)cc1. The summed E-state index contributed by atoms with van der Waals surface area (Å²) in [5.74, 6) is 0.567. The second-order valence-electron chi connectivity index (χ2n) is 5.98. The van der Waals surface area contributed by atoms with Crippen LogP contribution in [0.2, 0.25) is 0 Å². The summed E-state index contributed by atoms with van der Waals surface area (Å²) in [6.45, 7) is 2.49. The van der Waals surface area contributed by atoms with Crippen LogP contribution in [0.4, 0.5) is 17.2 Å². The minimum absolute atomic E-state index is 0.00574. The smallest absolute Gasteiger partial charge is 0.342 e. The molecule has 0 aliphatic carbocycles. The van der Waals surface area contributed by atoms with Gasteiger partial charge in [0.15, 0.2) is 0 Å². The van der Waals surface area contributed by atoms with E-state index in [9.17, 15) is 14.9 Å². The first-order valence-corrected chi connectivity index (χ1v) is 8.92. The van der Waals surface area contributed by atoms with Crippen LogP contribution in [0, 0.1) is 10.1 Å². The molecular formula is C21H19N3O5. The molecule has 0 unspecified atom stereocenters. The van der Waals surface area contributed by atoms with E-state index in [2.05, 4.69) is 10.3 Å². The number of hydrogen-bond donors (Lipinski definition) is 1. The number of benzene rings is 2. The number of nitro benzene ring substituents is 1. The Morgan fingerprint density at radius 1 is 1.10 bits per heavy atom. The second kappa shape index (κ2) is 9.32. The number of nitro groups is 1. The highest BCUT2D eigenvalue weighted by atomic mass is 16.6. The van der Waals surface area contributed by atoms with Gasteiger partial charge in [0.25, 0.3) is 5.69 Å². The number of hydrogen-bond acceptors (Lipinski definition) is 7. The fourth-order valence-corrected chi connectivity index (χ4v) is 2.55. The predicted molar refractivity (Wildman–Crippen MR) is 107 cm³/mol. The van der Waals surface area contributed by atoms with E-state index in [1.165, 1.54) is 12.1 Å². The van der Waals surface area contributed by atoms with E-state index >= 15 is 0 Å². The van der Waals surface area contributed by atoms with Gasteiger partial charge in [0, 0.05) is 24.0 Å². The van der Waals surface area contributed by atoms with Crippen LogP contribution in [0.25, 0.3) is 0 Å². The van der Waals surface area contributed by atoms with Crippen molar-refractivity contribution in [3.8, 4) is 5.75 Å². The van der Waals surface area contributed by atoms with Gasteiger partial charge >= 0.3 is 5.97 Å². The van der Waals surface area contributed by atoms with Gasteiger partial charge in [-0.05, 0) is 61.0 Å². The Hall–Kier alpha value is -3.94. The number of carbonyl (C=O) groups is 1. The maximum atomic E-state index is 12.5. The average Bonchev–Trinajstić information content (AvgIpc) is 2.74. The molecule has 0 aliphatic heterocycles. The van der Waals surface area contributed by atoms with Gasteiger partial charge < -0.3 is 14.8 Å². The predicted octanol–water partition coefficient (Wildman–Crippen LogP) is 4.49. The largest absolute Gasteiger partial charge is 0.494 e. The van der Waals surface area contributed by atoms with E-state index in [0.717, 1.165) is 11.4 Å². The Balaban J connectivity index is 1.67. The van der Waals surface area contributed by atoms with Crippen molar-refractivity contribution in [2.45, 2.75) is 13.5 Å². The van der Waals surface area contributed by atoms with Crippen LogP contribution in [0.15, 0.2) is 66.9 Å². The summed E-state index contributed by atoms with van der Waals surface area (Å²) in [6, 6.07) is 16.4. The van der Waals surface area contributed by atoms with Crippen LogP contribution in [-0.4, -0.2) is 22.5 Å². The van der Waals surface area contributed by atoms with Gasteiger partial charge in [-0.25, -0.2) is 9.78 Å². The number of carbonyl (C=O) groups excluding carboxylic acids is 1. The van der Waals surface area contributed by atoms with Gasteiger partial charge in [-0.2, -0.15) is 0 Å². The molecule has 0 fully saturated rings. The van der Waals surface area contributed by atoms with Gasteiger partial charge in [0.2, 0.25) is 0 Å². The molecule has 0 amide bonds. The third-order valence-electron chi connectivity index (χ3n) is 3.97. The molecule has 0 spiro atoms. The number of anilines is 2. The highest BCUT2D eigenvalue weighted by molar-refractivity contribution is 5.95. The molecule has 3 rings (SSSR count). The summed E-state index contributed by atoms with van der Waals surface area (Å²) < 4.78 is 10.7. The summed E-state index contributed by atoms with van der Waals surface area (Å²) in [5, 5.41) is 13.8. The summed E-state index contributed by atoms with van der Waals surface area (Å²) >= 11 is 0. The lowest BCUT2D eigenvalue weighted by molar-refractivity contribution is -0.384. The number of nitrogens with zero attached hydrogens (tertiary/aromatic N) is 2.